The van der Waals surface area contributed by atoms with Crippen LogP contribution in [0.25, 0.3) is 0 Å². The Balaban J connectivity index is 1.45. The van der Waals surface area contributed by atoms with Crippen LogP contribution in [0.1, 0.15) is 37.7 Å². The number of carbonyl (C=O) groups excluding carboxylic acids is 1. The van der Waals surface area contributed by atoms with Gasteiger partial charge in [-0.25, -0.2) is 4.39 Å². The van der Waals surface area contributed by atoms with E-state index in [1.165, 1.54) is 37.8 Å². The quantitative estimate of drug-likeness (QED) is 0.886. The van der Waals surface area contributed by atoms with Crippen molar-refractivity contribution in [3.05, 3.63) is 35.6 Å². The molecule has 0 unspecified atom stereocenters. The Labute approximate surface area is 113 Å². The molecule has 2 bridgehead atoms. The number of benzene rings is 1. The molecular formula is C16H20FNO. The minimum absolute atomic E-state index is 0.141. The Morgan fingerprint density at radius 2 is 2.00 bits per heavy atom. The summed E-state index contributed by atoms with van der Waals surface area (Å²) in [4.78, 5) is 11.9. The van der Waals surface area contributed by atoms with Crippen LogP contribution in [-0.2, 0) is 11.2 Å². The Morgan fingerprint density at radius 3 is 2.63 bits per heavy atom. The monoisotopic (exact) mass is 261 g/mol. The molecule has 1 aromatic rings. The van der Waals surface area contributed by atoms with E-state index in [9.17, 15) is 9.18 Å². The lowest BCUT2D eigenvalue weighted by molar-refractivity contribution is -0.122. The van der Waals surface area contributed by atoms with Crippen molar-refractivity contribution in [2.24, 2.45) is 11.8 Å². The first-order valence-corrected chi connectivity index (χ1v) is 7.24. The summed E-state index contributed by atoms with van der Waals surface area (Å²) in [6.45, 7) is 0. The van der Waals surface area contributed by atoms with Crippen molar-refractivity contribution in [2.45, 2.75) is 44.6 Å². The highest BCUT2D eigenvalue weighted by molar-refractivity contribution is 5.76. The zero-order chi connectivity index (χ0) is 13.2. The maximum atomic E-state index is 12.8. The fourth-order valence-corrected chi connectivity index (χ4v) is 3.61. The van der Waals surface area contributed by atoms with Gasteiger partial charge in [0.15, 0.2) is 0 Å². The normalized spacial score (nSPS) is 28.6. The summed E-state index contributed by atoms with van der Waals surface area (Å²) in [5.74, 6) is 1.49. The van der Waals surface area contributed by atoms with Crippen molar-refractivity contribution in [1.82, 2.24) is 5.32 Å². The number of nitrogens with one attached hydrogen (secondary N) is 1. The van der Waals surface area contributed by atoms with Gasteiger partial charge in [0.1, 0.15) is 5.82 Å². The number of halogens is 1. The number of carbonyl (C=O) groups is 1. The standard InChI is InChI=1S/C16H20FNO/c17-14-6-2-11(3-7-14)4-8-16(19)18-15-10-12-1-5-13(15)9-12/h2-3,6-7,12-13,15H,1,4-5,8-10H2,(H,18,19)/t12-,13-,15-/m1/s1. The molecular weight excluding hydrogens is 241 g/mol. The van der Waals surface area contributed by atoms with Crippen LogP contribution in [0.5, 0.6) is 0 Å². The van der Waals surface area contributed by atoms with Crippen LogP contribution in [0.3, 0.4) is 0 Å². The molecule has 0 saturated heterocycles. The number of amides is 1. The fraction of sp³-hybridized carbons (Fsp3) is 0.562. The van der Waals surface area contributed by atoms with Gasteiger partial charge in [-0.3, -0.25) is 4.79 Å². The van der Waals surface area contributed by atoms with Crippen molar-refractivity contribution >= 4 is 5.91 Å². The van der Waals surface area contributed by atoms with E-state index in [-0.39, 0.29) is 11.7 Å². The number of hydrogen-bond donors (Lipinski definition) is 1. The molecule has 2 aliphatic rings. The number of rotatable bonds is 4. The average Bonchev–Trinajstić information content (AvgIpc) is 3.00. The minimum Gasteiger partial charge on any atom is -0.353 e. The summed E-state index contributed by atoms with van der Waals surface area (Å²) in [6.07, 6.45) is 6.31. The van der Waals surface area contributed by atoms with Crippen molar-refractivity contribution in [2.75, 3.05) is 0 Å². The lowest BCUT2D eigenvalue weighted by atomic mass is 9.95. The Bertz CT molecular complexity index is 456. The van der Waals surface area contributed by atoms with Crippen LogP contribution in [0.4, 0.5) is 4.39 Å². The van der Waals surface area contributed by atoms with E-state index >= 15 is 0 Å². The van der Waals surface area contributed by atoms with Gasteiger partial charge in [0.05, 0.1) is 0 Å². The Hall–Kier alpha value is -1.38. The van der Waals surface area contributed by atoms with Crippen molar-refractivity contribution in [1.29, 1.82) is 0 Å². The summed E-state index contributed by atoms with van der Waals surface area (Å²) in [6, 6.07) is 6.81. The van der Waals surface area contributed by atoms with Crippen LogP contribution in [0.2, 0.25) is 0 Å². The molecule has 0 spiro atoms. The van der Waals surface area contributed by atoms with E-state index in [1.807, 2.05) is 0 Å². The van der Waals surface area contributed by atoms with Crippen LogP contribution in [-0.4, -0.2) is 11.9 Å². The van der Waals surface area contributed by atoms with Gasteiger partial charge in [-0.1, -0.05) is 18.6 Å². The molecule has 0 radical (unpaired) electrons. The van der Waals surface area contributed by atoms with Gasteiger partial charge < -0.3 is 5.32 Å². The van der Waals surface area contributed by atoms with Gasteiger partial charge in [-0.2, -0.15) is 0 Å². The summed E-state index contributed by atoms with van der Waals surface area (Å²) in [7, 11) is 0. The highest BCUT2D eigenvalue weighted by Crippen LogP contribution is 2.44. The zero-order valence-electron chi connectivity index (χ0n) is 11.1. The molecule has 1 aromatic carbocycles. The molecule has 1 N–H and O–H groups in total. The second-order valence-corrected chi connectivity index (χ2v) is 5.98. The summed E-state index contributed by atoms with van der Waals surface area (Å²) in [5.41, 5.74) is 1.02. The van der Waals surface area contributed by atoms with E-state index in [0.29, 0.717) is 18.9 Å². The molecule has 0 heterocycles. The number of aryl methyl sites for hydroxylation is 1. The molecule has 2 saturated carbocycles. The second kappa shape index (κ2) is 5.32. The molecule has 2 nitrogen and oxygen atoms in total. The molecule has 0 aromatic heterocycles. The van der Waals surface area contributed by atoms with Crippen LogP contribution in [0.15, 0.2) is 24.3 Å². The van der Waals surface area contributed by atoms with Gasteiger partial charge in [0.2, 0.25) is 5.91 Å². The third-order valence-electron chi connectivity index (χ3n) is 4.64. The summed E-state index contributed by atoms with van der Waals surface area (Å²) >= 11 is 0. The molecule has 2 aliphatic carbocycles. The van der Waals surface area contributed by atoms with Crippen LogP contribution < -0.4 is 5.32 Å². The summed E-state index contributed by atoms with van der Waals surface area (Å²) < 4.78 is 12.8. The van der Waals surface area contributed by atoms with Gasteiger partial charge in [-0.15, -0.1) is 0 Å². The number of hydrogen-bond acceptors (Lipinski definition) is 1. The Morgan fingerprint density at radius 1 is 1.21 bits per heavy atom. The minimum atomic E-state index is -0.227. The van der Waals surface area contributed by atoms with Crippen LogP contribution in [0, 0.1) is 17.7 Å². The van der Waals surface area contributed by atoms with Crippen molar-refractivity contribution in [3.63, 3.8) is 0 Å². The lowest BCUT2D eigenvalue weighted by Gasteiger charge is -2.22. The second-order valence-electron chi connectivity index (χ2n) is 5.98. The van der Waals surface area contributed by atoms with E-state index in [0.717, 1.165) is 17.4 Å². The lowest BCUT2D eigenvalue weighted by Crippen LogP contribution is -2.38. The average molecular weight is 261 g/mol. The smallest absolute Gasteiger partial charge is 0.220 e. The van der Waals surface area contributed by atoms with Crippen molar-refractivity contribution in [3.8, 4) is 0 Å². The van der Waals surface area contributed by atoms with Crippen LogP contribution >= 0.6 is 0 Å². The third kappa shape index (κ3) is 2.96. The van der Waals surface area contributed by atoms with E-state index in [4.69, 9.17) is 0 Å². The third-order valence-corrected chi connectivity index (χ3v) is 4.64. The largest absolute Gasteiger partial charge is 0.353 e. The summed E-state index contributed by atoms with van der Waals surface area (Å²) in [5, 5.41) is 3.18. The molecule has 3 atom stereocenters. The topological polar surface area (TPSA) is 29.1 Å². The molecule has 1 amide bonds. The first-order valence-electron chi connectivity index (χ1n) is 7.24. The maximum Gasteiger partial charge on any atom is 0.220 e. The van der Waals surface area contributed by atoms with E-state index in [2.05, 4.69) is 5.32 Å². The zero-order valence-corrected chi connectivity index (χ0v) is 11.1. The van der Waals surface area contributed by atoms with Gasteiger partial charge in [-0.05, 0) is 55.2 Å². The Kier molecular flexibility index (Phi) is 3.54. The molecule has 19 heavy (non-hydrogen) atoms. The molecule has 2 fully saturated rings. The highest BCUT2D eigenvalue weighted by atomic mass is 19.1. The van der Waals surface area contributed by atoms with E-state index in [1.54, 1.807) is 12.1 Å². The van der Waals surface area contributed by atoms with E-state index < -0.39 is 0 Å². The SMILES string of the molecule is O=C(CCc1ccc(F)cc1)N[C@@H]1C[C@@H]2CC[C@@H]1C2. The van der Waals surface area contributed by atoms with Crippen molar-refractivity contribution < 1.29 is 9.18 Å². The van der Waals surface area contributed by atoms with Gasteiger partial charge in [0, 0.05) is 12.5 Å². The molecule has 3 rings (SSSR count). The number of fused-ring (bicyclic) bond motifs is 2. The molecule has 3 heteroatoms. The predicted molar refractivity (Wildman–Crippen MR) is 72.1 cm³/mol. The first-order chi connectivity index (χ1) is 9.20. The first kappa shape index (κ1) is 12.6. The van der Waals surface area contributed by atoms with Gasteiger partial charge in [0.25, 0.3) is 0 Å². The molecule has 0 aliphatic heterocycles. The van der Waals surface area contributed by atoms with Gasteiger partial charge >= 0.3 is 0 Å². The molecule has 102 valence electrons. The highest BCUT2D eigenvalue weighted by Gasteiger charge is 2.39. The predicted octanol–water partition coefficient (Wildman–Crippen LogP) is 3.06. The fourth-order valence-electron chi connectivity index (χ4n) is 3.61. The maximum absolute atomic E-state index is 12.8.